The Kier molecular flexibility index (Phi) is 5.30. The van der Waals surface area contributed by atoms with Crippen LogP contribution in [0.1, 0.15) is 17.0 Å². The summed E-state index contributed by atoms with van der Waals surface area (Å²) in [4.78, 5) is 18.9. The van der Waals surface area contributed by atoms with Crippen LogP contribution in [0.2, 0.25) is 0 Å². The third-order valence-corrected chi connectivity index (χ3v) is 4.90. The van der Waals surface area contributed by atoms with Gasteiger partial charge in [-0.05, 0) is 17.5 Å². The molecule has 5 heteroatoms. The summed E-state index contributed by atoms with van der Waals surface area (Å²) in [5.74, 6) is 1.08. The molecular formula is C22H24N4O. The Balaban J connectivity index is 1.42. The maximum absolute atomic E-state index is 12.2. The van der Waals surface area contributed by atoms with Crippen molar-refractivity contribution in [3.05, 3.63) is 90.0 Å². The van der Waals surface area contributed by atoms with Crippen LogP contribution in [-0.2, 0) is 24.3 Å². The van der Waals surface area contributed by atoms with Crippen molar-refractivity contribution in [2.75, 3.05) is 13.1 Å². The second kappa shape index (κ2) is 8.18. The van der Waals surface area contributed by atoms with Crippen LogP contribution >= 0.6 is 0 Å². The summed E-state index contributed by atoms with van der Waals surface area (Å²) in [6, 6.07) is 20.8. The van der Waals surface area contributed by atoms with E-state index in [0.717, 1.165) is 25.3 Å². The summed E-state index contributed by atoms with van der Waals surface area (Å²) < 4.78 is 2.16. The molecule has 1 aromatic heterocycles. The number of aromatic nitrogens is 2. The number of nitrogens with zero attached hydrogens (tertiary/aromatic N) is 3. The van der Waals surface area contributed by atoms with Crippen LogP contribution < -0.4 is 5.32 Å². The van der Waals surface area contributed by atoms with Crippen molar-refractivity contribution in [2.24, 2.45) is 0 Å². The van der Waals surface area contributed by atoms with Gasteiger partial charge in [0.15, 0.2) is 0 Å². The Labute approximate surface area is 159 Å². The van der Waals surface area contributed by atoms with E-state index in [9.17, 15) is 4.79 Å². The van der Waals surface area contributed by atoms with Gasteiger partial charge in [0.05, 0.1) is 13.1 Å². The molecule has 3 aromatic rings. The number of amides is 1. The van der Waals surface area contributed by atoms with Crippen molar-refractivity contribution in [1.82, 2.24) is 19.8 Å². The number of imidazole rings is 1. The van der Waals surface area contributed by atoms with Crippen LogP contribution in [0.15, 0.2) is 73.1 Å². The van der Waals surface area contributed by atoms with Crippen molar-refractivity contribution < 1.29 is 4.79 Å². The summed E-state index contributed by atoms with van der Waals surface area (Å²) >= 11 is 0. The van der Waals surface area contributed by atoms with E-state index < -0.39 is 0 Å². The summed E-state index contributed by atoms with van der Waals surface area (Å²) in [7, 11) is 0. The van der Waals surface area contributed by atoms with Gasteiger partial charge in [-0.2, -0.15) is 0 Å². The SMILES string of the molecule is O=C1CN(Cc2nccn2Cc2ccccc2)C[C@H](Cc2ccccc2)N1. The first-order valence-corrected chi connectivity index (χ1v) is 9.36. The lowest BCUT2D eigenvalue weighted by atomic mass is 10.0. The van der Waals surface area contributed by atoms with Gasteiger partial charge in [-0.1, -0.05) is 60.7 Å². The number of hydrogen-bond acceptors (Lipinski definition) is 3. The number of carbonyl (C=O) groups excluding carboxylic acids is 1. The van der Waals surface area contributed by atoms with Crippen LogP contribution in [0.5, 0.6) is 0 Å². The number of rotatable bonds is 6. The normalized spacial score (nSPS) is 17.6. The highest BCUT2D eigenvalue weighted by atomic mass is 16.2. The quantitative estimate of drug-likeness (QED) is 0.735. The summed E-state index contributed by atoms with van der Waals surface area (Å²) in [6.07, 6.45) is 4.69. The molecule has 1 amide bonds. The standard InChI is InChI=1S/C22H24N4O/c27-22-17-25(15-20(24-22)13-18-7-3-1-4-8-18)16-21-23-11-12-26(21)14-19-9-5-2-6-10-19/h1-12,20H,13-17H2,(H,24,27)/t20-/m0/s1. The van der Waals surface area contributed by atoms with Gasteiger partial charge in [-0.15, -0.1) is 0 Å². The Morgan fingerprint density at radius 2 is 1.67 bits per heavy atom. The molecule has 0 radical (unpaired) electrons. The minimum Gasteiger partial charge on any atom is -0.351 e. The molecule has 1 aliphatic rings. The smallest absolute Gasteiger partial charge is 0.234 e. The van der Waals surface area contributed by atoms with Crippen molar-refractivity contribution in [2.45, 2.75) is 25.6 Å². The Bertz CT molecular complexity index is 876. The van der Waals surface area contributed by atoms with Crippen molar-refractivity contribution in [3.8, 4) is 0 Å². The zero-order chi connectivity index (χ0) is 18.5. The molecule has 1 fully saturated rings. The molecule has 1 saturated heterocycles. The molecule has 1 aliphatic heterocycles. The molecule has 0 saturated carbocycles. The number of carbonyl (C=O) groups is 1. The van der Waals surface area contributed by atoms with E-state index in [0.29, 0.717) is 13.1 Å². The van der Waals surface area contributed by atoms with Gasteiger partial charge in [0, 0.05) is 31.5 Å². The molecule has 0 bridgehead atoms. The first-order valence-electron chi connectivity index (χ1n) is 9.36. The van der Waals surface area contributed by atoms with Crippen LogP contribution in [0.3, 0.4) is 0 Å². The zero-order valence-corrected chi connectivity index (χ0v) is 15.3. The van der Waals surface area contributed by atoms with Gasteiger partial charge in [0.2, 0.25) is 5.91 Å². The number of hydrogen-bond donors (Lipinski definition) is 1. The molecule has 1 N–H and O–H groups in total. The molecule has 4 rings (SSSR count). The summed E-state index contributed by atoms with van der Waals surface area (Å²) in [6.45, 7) is 2.73. The predicted octanol–water partition coefficient (Wildman–Crippen LogP) is 2.47. The molecule has 2 heterocycles. The molecule has 0 aliphatic carbocycles. The summed E-state index contributed by atoms with van der Waals surface area (Å²) in [5.41, 5.74) is 2.49. The fourth-order valence-electron chi connectivity index (χ4n) is 3.65. The van der Waals surface area contributed by atoms with Gasteiger partial charge in [0.1, 0.15) is 5.82 Å². The lowest BCUT2D eigenvalue weighted by molar-refractivity contribution is -0.125. The molecule has 2 aromatic carbocycles. The van der Waals surface area contributed by atoms with Crippen molar-refractivity contribution in [3.63, 3.8) is 0 Å². The molecule has 27 heavy (non-hydrogen) atoms. The van der Waals surface area contributed by atoms with Gasteiger partial charge in [-0.25, -0.2) is 4.98 Å². The Morgan fingerprint density at radius 1 is 0.963 bits per heavy atom. The molecule has 5 nitrogen and oxygen atoms in total. The van der Waals surface area contributed by atoms with Crippen molar-refractivity contribution in [1.29, 1.82) is 0 Å². The minimum atomic E-state index is 0.0864. The van der Waals surface area contributed by atoms with Crippen LogP contribution in [-0.4, -0.2) is 39.5 Å². The molecule has 0 unspecified atom stereocenters. The zero-order valence-electron chi connectivity index (χ0n) is 15.3. The maximum Gasteiger partial charge on any atom is 0.234 e. The highest BCUT2D eigenvalue weighted by molar-refractivity contribution is 5.79. The summed E-state index contributed by atoms with van der Waals surface area (Å²) in [5, 5.41) is 3.12. The third kappa shape index (κ3) is 4.63. The van der Waals surface area contributed by atoms with Gasteiger partial charge < -0.3 is 9.88 Å². The van der Waals surface area contributed by atoms with Gasteiger partial charge in [0.25, 0.3) is 0 Å². The van der Waals surface area contributed by atoms with E-state index >= 15 is 0 Å². The molecular weight excluding hydrogens is 336 g/mol. The first kappa shape index (κ1) is 17.5. The second-order valence-electron chi connectivity index (χ2n) is 7.08. The Hall–Kier alpha value is -2.92. The highest BCUT2D eigenvalue weighted by Gasteiger charge is 2.25. The largest absolute Gasteiger partial charge is 0.351 e. The molecule has 138 valence electrons. The maximum atomic E-state index is 12.2. The Morgan fingerprint density at radius 3 is 2.41 bits per heavy atom. The predicted molar refractivity (Wildman–Crippen MR) is 105 cm³/mol. The minimum absolute atomic E-state index is 0.0864. The van der Waals surface area contributed by atoms with E-state index in [1.54, 1.807) is 0 Å². The molecule has 0 spiro atoms. The fraction of sp³-hybridized carbons (Fsp3) is 0.273. The van der Waals surface area contributed by atoms with Gasteiger partial charge in [-0.3, -0.25) is 9.69 Å². The average Bonchev–Trinajstić information content (AvgIpc) is 3.09. The van der Waals surface area contributed by atoms with Crippen LogP contribution in [0.4, 0.5) is 0 Å². The van der Waals surface area contributed by atoms with Crippen LogP contribution in [0.25, 0.3) is 0 Å². The monoisotopic (exact) mass is 360 g/mol. The van der Waals surface area contributed by atoms with Crippen LogP contribution in [0, 0.1) is 0 Å². The lowest BCUT2D eigenvalue weighted by Crippen LogP contribution is -2.54. The number of benzene rings is 2. The van der Waals surface area contributed by atoms with E-state index in [1.807, 2.05) is 36.7 Å². The first-order chi connectivity index (χ1) is 13.3. The number of nitrogens with one attached hydrogen (secondary N) is 1. The topological polar surface area (TPSA) is 50.2 Å². The van der Waals surface area contributed by atoms with E-state index in [4.69, 9.17) is 0 Å². The fourth-order valence-corrected chi connectivity index (χ4v) is 3.65. The van der Waals surface area contributed by atoms with E-state index in [1.165, 1.54) is 11.1 Å². The lowest BCUT2D eigenvalue weighted by Gasteiger charge is -2.33. The molecule has 1 atom stereocenters. The van der Waals surface area contributed by atoms with E-state index in [-0.39, 0.29) is 11.9 Å². The third-order valence-electron chi connectivity index (χ3n) is 4.90. The second-order valence-corrected chi connectivity index (χ2v) is 7.08. The highest BCUT2D eigenvalue weighted by Crippen LogP contribution is 2.12. The number of piperazine rings is 1. The van der Waals surface area contributed by atoms with Gasteiger partial charge >= 0.3 is 0 Å². The van der Waals surface area contributed by atoms with Crippen molar-refractivity contribution >= 4 is 5.91 Å². The average molecular weight is 360 g/mol. The van der Waals surface area contributed by atoms with E-state index in [2.05, 4.69) is 56.2 Å².